The molecule has 0 saturated heterocycles. The molecule has 0 rings (SSSR count). The molecule has 0 aliphatic rings. The van der Waals surface area contributed by atoms with E-state index in [9.17, 15) is 8.78 Å². The maximum atomic E-state index is 11.6. The molecule has 0 aromatic heterocycles. The Labute approximate surface area is 88.9 Å². The molecular formula is C9H19F2NO3. The summed E-state index contributed by atoms with van der Waals surface area (Å²) in [4.78, 5) is 0. The zero-order valence-electron chi connectivity index (χ0n) is 9.01. The Bertz CT molecular complexity index is 128. The predicted molar refractivity (Wildman–Crippen MR) is 52.4 cm³/mol. The zero-order chi connectivity index (χ0) is 11.4. The van der Waals surface area contributed by atoms with Crippen molar-refractivity contribution < 1.29 is 23.0 Å². The average molecular weight is 227 g/mol. The van der Waals surface area contributed by atoms with Crippen molar-refractivity contribution in [3.63, 3.8) is 0 Å². The van der Waals surface area contributed by atoms with Gasteiger partial charge in [0.2, 0.25) is 0 Å². The first kappa shape index (κ1) is 14.7. The van der Waals surface area contributed by atoms with E-state index < -0.39 is 6.43 Å². The molecule has 0 saturated carbocycles. The van der Waals surface area contributed by atoms with Gasteiger partial charge in [-0.3, -0.25) is 0 Å². The Morgan fingerprint density at radius 1 is 1.00 bits per heavy atom. The normalized spacial score (nSPS) is 11.2. The summed E-state index contributed by atoms with van der Waals surface area (Å²) in [6.45, 7) is 2.65. The van der Waals surface area contributed by atoms with Gasteiger partial charge < -0.3 is 19.5 Å². The van der Waals surface area contributed by atoms with Crippen molar-refractivity contribution in [2.24, 2.45) is 0 Å². The molecule has 0 atom stereocenters. The number of nitrogens with one attached hydrogen (secondary N) is 1. The molecule has 4 nitrogen and oxygen atoms in total. The largest absolute Gasteiger partial charge is 0.382 e. The molecule has 0 aromatic rings. The monoisotopic (exact) mass is 227 g/mol. The molecule has 0 fully saturated rings. The molecule has 0 amide bonds. The van der Waals surface area contributed by atoms with Crippen LogP contribution in [0.25, 0.3) is 0 Å². The molecule has 0 bridgehead atoms. The SMILES string of the molecule is COCCOCCOCCNCC(F)F. The lowest BCUT2D eigenvalue weighted by Crippen LogP contribution is -2.25. The minimum absolute atomic E-state index is 0.284. The van der Waals surface area contributed by atoms with E-state index >= 15 is 0 Å². The highest BCUT2D eigenvalue weighted by atomic mass is 19.3. The summed E-state index contributed by atoms with van der Waals surface area (Å²) in [6, 6.07) is 0. The van der Waals surface area contributed by atoms with Crippen LogP contribution < -0.4 is 5.32 Å². The molecule has 0 unspecified atom stereocenters. The van der Waals surface area contributed by atoms with E-state index in [1.807, 2.05) is 0 Å². The molecule has 92 valence electrons. The minimum atomic E-state index is -2.30. The molecule has 0 aliphatic carbocycles. The Morgan fingerprint density at radius 2 is 1.60 bits per heavy atom. The van der Waals surface area contributed by atoms with Crippen molar-refractivity contribution in [2.45, 2.75) is 6.43 Å². The minimum Gasteiger partial charge on any atom is -0.382 e. The van der Waals surface area contributed by atoms with Crippen molar-refractivity contribution in [1.29, 1.82) is 0 Å². The third-order valence-corrected chi connectivity index (χ3v) is 1.53. The lowest BCUT2D eigenvalue weighted by atomic mass is 10.6. The van der Waals surface area contributed by atoms with E-state index in [1.165, 1.54) is 0 Å². The van der Waals surface area contributed by atoms with Crippen molar-refractivity contribution in [3.05, 3.63) is 0 Å². The number of methoxy groups -OCH3 is 1. The van der Waals surface area contributed by atoms with Gasteiger partial charge in [-0.2, -0.15) is 0 Å². The van der Waals surface area contributed by atoms with E-state index in [-0.39, 0.29) is 6.54 Å². The highest BCUT2D eigenvalue weighted by molar-refractivity contribution is 4.47. The van der Waals surface area contributed by atoms with E-state index in [4.69, 9.17) is 14.2 Å². The van der Waals surface area contributed by atoms with Gasteiger partial charge in [0.05, 0.1) is 39.6 Å². The van der Waals surface area contributed by atoms with Crippen LogP contribution >= 0.6 is 0 Å². The molecule has 0 aliphatic heterocycles. The first-order valence-corrected chi connectivity index (χ1v) is 4.90. The van der Waals surface area contributed by atoms with Gasteiger partial charge in [0.25, 0.3) is 6.43 Å². The van der Waals surface area contributed by atoms with Crippen LogP contribution in [-0.2, 0) is 14.2 Å². The average Bonchev–Trinajstić information content (AvgIpc) is 2.20. The molecule has 0 radical (unpaired) electrons. The maximum Gasteiger partial charge on any atom is 0.250 e. The predicted octanol–water partition coefficient (Wildman–Crippen LogP) is 0.521. The molecule has 0 heterocycles. The van der Waals surface area contributed by atoms with Gasteiger partial charge >= 0.3 is 0 Å². The number of alkyl halides is 2. The van der Waals surface area contributed by atoms with Crippen LogP contribution in [0, 0.1) is 0 Å². The smallest absolute Gasteiger partial charge is 0.250 e. The molecule has 6 heteroatoms. The van der Waals surface area contributed by atoms with Crippen LogP contribution in [0.5, 0.6) is 0 Å². The number of hydrogen-bond acceptors (Lipinski definition) is 4. The number of hydrogen-bond donors (Lipinski definition) is 1. The van der Waals surface area contributed by atoms with Crippen molar-refractivity contribution in [1.82, 2.24) is 5.32 Å². The molecule has 0 spiro atoms. The summed E-state index contributed by atoms with van der Waals surface area (Å²) < 4.78 is 38.3. The topological polar surface area (TPSA) is 39.7 Å². The fourth-order valence-electron chi connectivity index (χ4n) is 0.820. The van der Waals surface area contributed by atoms with Gasteiger partial charge in [-0.1, -0.05) is 0 Å². The molecule has 0 aromatic carbocycles. The quantitative estimate of drug-likeness (QED) is 0.522. The van der Waals surface area contributed by atoms with Gasteiger partial charge in [0, 0.05) is 13.7 Å². The summed E-state index contributed by atoms with van der Waals surface area (Å²) in [5, 5.41) is 2.56. The van der Waals surface area contributed by atoms with Crippen LogP contribution in [0.15, 0.2) is 0 Å². The number of ether oxygens (including phenoxy) is 3. The van der Waals surface area contributed by atoms with Gasteiger partial charge in [-0.15, -0.1) is 0 Å². The standard InChI is InChI=1S/C9H19F2NO3/c1-13-4-5-15-7-6-14-3-2-12-8-9(10)11/h9,12H,2-8H2,1H3. The van der Waals surface area contributed by atoms with E-state index in [1.54, 1.807) is 7.11 Å². The highest BCUT2D eigenvalue weighted by Gasteiger charge is 1.99. The Balaban J connectivity index is 2.87. The lowest BCUT2D eigenvalue weighted by molar-refractivity contribution is 0.0249. The number of halogens is 2. The fraction of sp³-hybridized carbons (Fsp3) is 1.00. The van der Waals surface area contributed by atoms with Crippen molar-refractivity contribution in [2.75, 3.05) is 53.2 Å². The van der Waals surface area contributed by atoms with Crippen LogP contribution in [0.3, 0.4) is 0 Å². The van der Waals surface area contributed by atoms with Gasteiger partial charge in [-0.25, -0.2) is 8.78 Å². The summed E-state index contributed by atoms with van der Waals surface area (Å²) in [5.41, 5.74) is 0. The van der Waals surface area contributed by atoms with Gasteiger partial charge in [0.15, 0.2) is 0 Å². The van der Waals surface area contributed by atoms with Crippen LogP contribution in [0.1, 0.15) is 0 Å². The first-order chi connectivity index (χ1) is 7.27. The van der Waals surface area contributed by atoms with E-state index in [2.05, 4.69) is 5.32 Å². The van der Waals surface area contributed by atoms with Gasteiger partial charge in [0.1, 0.15) is 0 Å². The lowest BCUT2D eigenvalue weighted by Gasteiger charge is -2.06. The first-order valence-electron chi connectivity index (χ1n) is 4.90. The second-order valence-corrected chi connectivity index (χ2v) is 2.81. The zero-order valence-corrected chi connectivity index (χ0v) is 9.01. The van der Waals surface area contributed by atoms with E-state index in [0.717, 1.165) is 0 Å². The van der Waals surface area contributed by atoms with Crippen molar-refractivity contribution in [3.8, 4) is 0 Å². The molecular weight excluding hydrogens is 208 g/mol. The second-order valence-electron chi connectivity index (χ2n) is 2.81. The summed E-state index contributed by atoms with van der Waals surface area (Å²) in [7, 11) is 1.61. The Kier molecular flexibility index (Phi) is 11.5. The van der Waals surface area contributed by atoms with E-state index in [0.29, 0.717) is 39.6 Å². The molecule has 1 N–H and O–H groups in total. The van der Waals surface area contributed by atoms with Crippen molar-refractivity contribution >= 4 is 0 Å². The summed E-state index contributed by atoms with van der Waals surface area (Å²) >= 11 is 0. The third kappa shape index (κ3) is 13.7. The Morgan fingerprint density at radius 3 is 2.20 bits per heavy atom. The summed E-state index contributed by atoms with van der Waals surface area (Å²) in [5.74, 6) is 0. The van der Waals surface area contributed by atoms with Crippen LogP contribution in [0.2, 0.25) is 0 Å². The maximum absolute atomic E-state index is 11.6. The fourth-order valence-corrected chi connectivity index (χ4v) is 0.820. The van der Waals surface area contributed by atoms with Gasteiger partial charge in [-0.05, 0) is 0 Å². The second kappa shape index (κ2) is 11.8. The summed E-state index contributed by atoms with van der Waals surface area (Å²) in [6.07, 6.45) is -2.30. The number of rotatable bonds is 11. The third-order valence-electron chi connectivity index (χ3n) is 1.53. The van der Waals surface area contributed by atoms with Crippen LogP contribution in [-0.4, -0.2) is 59.7 Å². The highest BCUT2D eigenvalue weighted by Crippen LogP contribution is 1.86. The van der Waals surface area contributed by atoms with Crippen LogP contribution in [0.4, 0.5) is 8.78 Å². The molecule has 15 heavy (non-hydrogen) atoms. The Hall–Kier alpha value is -0.300.